The maximum Gasteiger partial charge on any atom is 0.317 e. The lowest BCUT2D eigenvalue weighted by atomic mass is 10.2. The number of nitrogens with zero attached hydrogens (tertiary/aromatic N) is 2. The number of carbonyl (C=O) groups is 1. The fourth-order valence-corrected chi connectivity index (χ4v) is 4.05. The molecule has 2 aliphatic rings. The Morgan fingerprint density at radius 2 is 2.05 bits per heavy atom. The summed E-state index contributed by atoms with van der Waals surface area (Å²) >= 11 is 1.96. The summed E-state index contributed by atoms with van der Waals surface area (Å²) in [6.45, 7) is 3.06. The average molecular weight is 285 g/mol. The molecule has 2 rings (SSSR count). The zero-order valence-electron chi connectivity index (χ0n) is 12.4. The van der Waals surface area contributed by atoms with Crippen LogP contribution in [0.1, 0.15) is 32.6 Å². The van der Waals surface area contributed by atoms with Crippen molar-refractivity contribution in [2.75, 3.05) is 32.1 Å². The molecule has 0 aromatic rings. The second kappa shape index (κ2) is 6.84. The molecular formula is C14H27N3OS. The van der Waals surface area contributed by atoms with Gasteiger partial charge in [0, 0.05) is 30.4 Å². The molecule has 4 nitrogen and oxygen atoms in total. The Morgan fingerprint density at radius 3 is 2.74 bits per heavy atom. The van der Waals surface area contributed by atoms with Crippen LogP contribution in [0.3, 0.4) is 0 Å². The van der Waals surface area contributed by atoms with Crippen molar-refractivity contribution in [3.63, 3.8) is 0 Å². The van der Waals surface area contributed by atoms with E-state index in [0.29, 0.717) is 18.1 Å². The fourth-order valence-electron chi connectivity index (χ4n) is 3.01. The highest BCUT2D eigenvalue weighted by Crippen LogP contribution is 2.23. The molecule has 1 aliphatic heterocycles. The van der Waals surface area contributed by atoms with Crippen molar-refractivity contribution in [1.29, 1.82) is 0 Å². The SMILES string of the molecule is C[C@@H]1CCSCCN1C(=O)N[C@@H]1CC[C@H](N(C)C)C1. The third-order valence-corrected chi connectivity index (χ3v) is 5.41. The average Bonchev–Trinajstić information content (AvgIpc) is 2.71. The molecule has 2 amide bonds. The van der Waals surface area contributed by atoms with E-state index in [-0.39, 0.29) is 6.03 Å². The number of urea groups is 1. The number of hydrogen-bond acceptors (Lipinski definition) is 3. The quantitative estimate of drug-likeness (QED) is 0.843. The van der Waals surface area contributed by atoms with E-state index in [2.05, 4.69) is 31.2 Å². The molecule has 1 aliphatic carbocycles. The van der Waals surface area contributed by atoms with Crippen molar-refractivity contribution in [2.24, 2.45) is 0 Å². The minimum atomic E-state index is 0.152. The Hall–Kier alpha value is -0.420. The van der Waals surface area contributed by atoms with Gasteiger partial charge in [0.15, 0.2) is 0 Å². The number of nitrogens with one attached hydrogen (secondary N) is 1. The molecule has 1 heterocycles. The van der Waals surface area contributed by atoms with E-state index in [0.717, 1.165) is 31.6 Å². The molecule has 0 spiro atoms. The molecule has 0 aromatic heterocycles. The number of carbonyl (C=O) groups excluding carboxylic acids is 1. The smallest absolute Gasteiger partial charge is 0.317 e. The predicted molar refractivity (Wildman–Crippen MR) is 81.8 cm³/mol. The molecule has 1 saturated heterocycles. The van der Waals surface area contributed by atoms with Crippen LogP contribution in [0.15, 0.2) is 0 Å². The normalized spacial score (nSPS) is 32.4. The number of amides is 2. The molecular weight excluding hydrogens is 258 g/mol. The first-order valence-electron chi connectivity index (χ1n) is 7.39. The van der Waals surface area contributed by atoms with Crippen molar-refractivity contribution in [3.8, 4) is 0 Å². The molecule has 2 fully saturated rings. The van der Waals surface area contributed by atoms with E-state index in [4.69, 9.17) is 0 Å². The van der Waals surface area contributed by atoms with Gasteiger partial charge in [-0.15, -0.1) is 0 Å². The van der Waals surface area contributed by atoms with Gasteiger partial charge in [-0.1, -0.05) is 0 Å². The Bertz CT molecular complexity index is 311. The van der Waals surface area contributed by atoms with Crippen molar-refractivity contribution in [1.82, 2.24) is 15.1 Å². The Labute approximate surface area is 121 Å². The van der Waals surface area contributed by atoms with Crippen LogP contribution < -0.4 is 5.32 Å². The lowest BCUT2D eigenvalue weighted by molar-refractivity contribution is 0.178. The maximum absolute atomic E-state index is 12.4. The summed E-state index contributed by atoms with van der Waals surface area (Å²) in [6.07, 6.45) is 4.52. The third-order valence-electron chi connectivity index (χ3n) is 4.41. The number of hydrogen-bond donors (Lipinski definition) is 1. The van der Waals surface area contributed by atoms with E-state index >= 15 is 0 Å². The highest BCUT2D eigenvalue weighted by molar-refractivity contribution is 7.99. The summed E-state index contributed by atoms with van der Waals surface area (Å²) in [4.78, 5) is 16.7. The summed E-state index contributed by atoms with van der Waals surface area (Å²) < 4.78 is 0. The van der Waals surface area contributed by atoms with Gasteiger partial charge in [-0.3, -0.25) is 0 Å². The molecule has 5 heteroatoms. The van der Waals surface area contributed by atoms with Gasteiger partial charge in [0.2, 0.25) is 0 Å². The molecule has 3 atom stereocenters. The Kier molecular flexibility index (Phi) is 5.39. The van der Waals surface area contributed by atoms with Gasteiger partial charge < -0.3 is 15.1 Å². The minimum absolute atomic E-state index is 0.152. The molecule has 1 N–H and O–H groups in total. The van der Waals surface area contributed by atoms with Crippen molar-refractivity contribution >= 4 is 17.8 Å². The van der Waals surface area contributed by atoms with Gasteiger partial charge in [0.05, 0.1) is 0 Å². The molecule has 1 saturated carbocycles. The monoisotopic (exact) mass is 285 g/mol. The summed E-state index contributed by atoms with van der Waals surface area (Å²) in [5.74, 6) is 2.25. The zero-order chi connectivity index (χ0) is 13.8. The van der Waals surface area contributed by atoms with Crippen LogP contribution in [-0.4, -0.2) is 66.1 Å². The van der Waals surface area contributed by atoms with Crippen LogP contribution in [0.25, 0.3) is 0 Å². The first-order valence-corrected chi connectivity index (χ1v) is 8.54. The largest absolute Gasteiger partial charge is 0.335 e. The van der Waals surface area contributed by atoms with Gasteiger partial charge in [0.1, 0.15) is 0 Å². The van der Waals surface area contributed by atoms with Crippen LogP contribution in [0.2, 0.25) is 0 Å². The van der Waals surface area contributed by atoms with Crippen molar-refractivity contribution in [3.05, 3.63) is 0 Å². The zero-order valence-corrected chi connectivity index (χ0v) is 13.2. The lowest BCUT2D eigenvalue weighted by Gasteiger charge is -2.29. The van der Waals surface area contributed by atoms with Crippen LogP contribution in [-0.2, 0) is 0 Å². The third kappa shape index (κ3) is 4.02. The van der Waals surface area contributed by atoms with E-state index in [1.807, 2.05) is 16.7 Å². The van der Waals surface area contributed by atoms with Gasteiger partial charge >= 0.3 is 6.03 Å². The van der Waals surface area contributed by atoms with Crippen LogP contribution in [0.5, 0.6) is 0 Å². The Morgan fingerprint density at radius 1 is 1.26 bits per heavy atom. The molecule has 0 bridgehead atoms. The second-order valence-electron chi connectivity index (χ2n) is 6.02. The van der Waals surface area contributed by atoms with Crippen LogP contribution in [0.4, 0.5) is 4.79 Å². The maximum atomic E-state index is 12.4. The van der Waals surface area contributed by atoms with Crippen molar-refractivity contribution in [2.45, 2.75) is 50.7 Å². The molecule has 0 unspecified atom stereocenters. The standard InChI is InChI=1S/C14H27N3OS/c1-11-6-8-19-9-7-17(11)14(18)15-12-4-5-13(10-12)16(2)3/h11-13H,4-10H2,1-3H3,(H,15,18)/t11-,12-,13+/m1/s1. The summed E-state index contributed by atoms with van der Waals surface area (Å²) in [5, 5.41) is 3.24. The van der Waals surface area contributed by atoms with E-state index < -0.39 is 0 Å². The molecule has 0 aromatic carbocycles. The highest BCUT2D eigenvalue weighted by atomic mass is 32.2. The van der Waals surface area contributed by atoms with Gasteiger partial charge in [-0.2, -0.15) is 11.8 Å². The van der Waals surface area contributed by atoms with Gasteiger partial charge in [0.25, 0.3) is 0 Å². The fraction of sp³-hybridized carbons (Fsp3) is 0.929. The minimum Gasteiger partial charge on any atom is -0.335 e. The lowest BCUT2D eigenvalue weighted by Crippen LogP contribution is -2.48. The summed E-state index contributed by atoms with van der Waals surface area (Å²) in [7, 11) is 4.26. The molecule has 19 heavy (non-hydrogen) atoms. The first kappa shape index (κ1) is 15.0. The van der Waals surface area contributed by atoms with Crippen LogP contribution >= 0.6 is 11.8 Å². The second-order valence-corrected chi connectivity index (χ2v) is 7.25. The van der Waals surface area contributed by atoms with E-state index in [9.17, 15) is 4.79 Å². The molecule has 110 valence electrons. The summed E-state index contributed by atoms with van der Waals surface area (Å²) in [6, 6.07) is 1.52. The number of rotatable bonds is 2. The summed E-state index contributed by atoms with van der Waals surface area (Å²) in [5.41, 5.74) is 0. The van der Waals surface area contributed by atoms with E-state index in [1.54, 1.807) is 0 Å². The first-order chi connectivity index (χ1) is 9.08. The highest BCUT2D eigenvalue weighted by Gasteiger charge is 2.29. The molecule has 0 radical (unpaired) electrons. The van der Waals surface area contributed by atoms with Gasteiger partial charge in [-0.05, 0) is 52.5 Å². The van der Waals surface area contributed by atoms with E-state index in [1.165, 1.54) is 12.2 Å². The van der Waals surface area contributed by atoms with Crippen LogP contribution in [0, 0.1) is 0 Å². The van der Waals surface area contributed by atoms with Crippen molar-refractivity contribution < 1.29 is 4.79 Å². The van der Waals surface area contributed by atoms with Gasteiger partial charge in [-0.25, -0.2) is 4.79 Å². The topological polar surface area (TPSA) is 35.6 Å². The Balaban J connectivity index is 1.83. The predicted octanol–water partition coefficient (Wildman–Crippen LogP) is 2.01. The number of thioether (sulfide) groups is 1.